The van der Waals surface area contributed by atoms with Crippen molar-refractivity contribution in [2.45, 2.75) is 11.6 Å². The summed E-state index contributed by atoms with van der Waals surface area (Å²) in [6.07, 6.45) is 2.03. The highest BCUT2D eigenvalue weighted by atomic mass is 79.9. The molecule has 0 amide bonds. The third kappa shape index (κ3) is 3.17. The Morgan fingerprint density at radius 3 is 2.44 bits per heavy atom. The number of para-hydroxylation sites is 1. The number of methoxy groups -OCH3 is 1. The fourth-order valence-corrected chi connectivity index (χ4v) is 3.22. The molecule has 1 aliphatic heterocycles. The molecule has 2 aromatic carbocycles. The van der Waals surface area contributed by atoms with Crippen LogP contribution in [0.4, 0.5) is 5.69 Å². The molecular weight excluding hydrogens is 386 g/mol. The zero-order chi connectivity index (χ0) is 17.9. The molecule has 0 unspecified atom stereocenters. The minimum Gasteiger partial charge on any atom is -0.467 e. The highest BCUT2D eigenvalue weighted by Crippen LogP contribution is 2.37. The Labute approximate surface area is 153 Å². The Morgan fingerprint density at radius 1 is 1.16 bits per heavy atom. The van der Waals surface area contributed by atoms with Gasteiger partial charge in [0, 0.05) is 16.2 Å². The fraction of sp³-hybridized carbons (Fsp3) is 0.158. The Kier molecular flexibility index (Phi) is 4.90. The number of carbonyl (C=O) groups is 2. The first kappa shape index (κ1) is 17.2. The van der Waals surface area contributed by atoms with E-state index < -0.39 is 23.6 Å². The molecule has 0 saturated heterocycles. The van der Waals surface area contributed by atoms with E-state index in [9.17, 15) is 9.59 Å². The van der Waals surface area contributed by atoms with Crippen LogP contribution in [0.15, 0.2) is 71.2 Å². The summed E-state index contributed by atoms with van der Waals surface area (Å²) in [6.45, 7) is 0. The number of halogens is 1. The maximum Gasteiger partial charge on any atom is 0.340 e. The SMILES string of the molecule is COC(=O)[C@](Nc1ccccc1Br)(c1ccccc1)[C@@H]1C=CC(=O)O1. The predicted octanol–water partition coefficient (Wildman–Crippen LogP) is 3.41. The van der Waals surface area contributed by atoms with E-state index in [2.05, 4.69) is 21.2 Å². The molecule has 0 bridgehead atoms. The molecule has 5 nitrogen and oxygen atoms in total. The van der Waals surface area contributed by atoms with Crippen LogP contribution in [0.1, 0.15) is 5.56 Å². The van der Waals surface area contributed by atoms with Crippen LogP contribution < -0.4 is 5.32 Å². The first-order valence-corrected chi connectivity index (χ1v) is 8.42. The number of hydrogen-bond donors (Lipinski definition) is 1. The van der Waals surface area contributed by atoms with Crippen molar-refractivity contribution in [2.24, 2.45) is 0 Å². The largest absolute Gasteiger partial charge is 0.467 e. The summed E-state index contributed by atoms with van der Waals surface area (Å²) in [5.41, 5.74) is -0.113. The molecule has 25 heavy (non-hydrogen) atoms. The van der Waals surface area contributed by atoms with Crippen molar-refractivity contribution >= 4 is 33.6 Å². The van der Waals surface area contributed by atoms with Gasteiger partial charge in [0.2, 0.25) is 5.54 Å². The van der Waals surface area contributed by atoms with Gasteiger partial charge in [-0.15, -0.1) is 0 Å². The Bertz CT molecular complexity index is 821. The van der Waals surface area contributed by atoms with Crippen LogP contribution in [-0.2, 0) is 24.6 Å². The molecule has 1 heterocycles. The van der Waals surface area contributed by atoms with Crippen LogP contribution in [0.3, 0.4) is 0 Å². The molecule has 0 aromatic heterocycles. The minimum atomic E-state index is -1.41. The van der Waals surface area contributed by atoms with E-state index in [1.807, 2.05) is 42.5 Å². The number of esters is 2. The van der Waals surface area contributed by atoms with Gasteiger partial charge in [-0.05, 0) is 39.7 Å². The Morgan fingerprint density at radius 2 is 1.84 bits per heavy atom. The highest BCUT2D eigenvalue weighted by Gasteiger charge is 2.51. The Hall–Kier alpha value is -2.60. The van der Waals surface area contributed by atoms with E-state index in [4.69, 9.17) is 9.47 Å². The van der Waals surface area contributed by atoms with Crippen LogP contribution in [-0.4, -0.2) is 25.2 Å². The van der Waals surface area contributed by atoms with Gasteiger partial charge < -0.3 is 14.8 Å². The number of nitrogens with one attached hydrogen (secondary N) is 1. The van der Waals surface area contributed by atoms with Crippen LogP contribution in [0.5, 0.6) is 0 Å². The lowest BCUT2D eigenvalue weighted by molar-refractivity contribution is -0.154. The van der Waals surface area contributed by atoms with Crippen molar-refractivity contribution in [3.63, 3.8) is 0 Å². The van der Waals surface area contributed by atoms with Crippen molar-refractivity contribution in [3.8, 4) is 0 Å². The molecule has 3 rings (SSSR count). The van der Waals surface area contributed by atoms with Gasteiger partial charge in [0.1, 0.15) is 0 Å². The van der Waals surface area contributed by atoms with Gasteiger partial charge in [0.15, 0.2) is 6.10 Å². The lowest BCUT2D eigenvalue weighted by Gasteiger charge is -2.36. The van der Waals surface area contributed by atoms with Crippen molar-refractivity contribution < 1.29 is 19.1 Å². The van der Waals surface area contributed by atoms with Crippen LogP contribution >= 0.6 is 15.9 Å². The molecule has 0 aliphatic carbocycles. The summed E-state index contributed by atoms with van der Waals surface area (Å²) < 4.78 is 11.2. The molecule has 128 valence electrons. The first-order chi connectivity index (χ1) is 12.1. The van der Waals surface area contributed by atoms with E-state index in [1.54, 1.807) is 18.2 Å². The smallest absolute Gasteiger partial charge is 0.340 e. The maximum atomic E-state index is 12.9. The van der Waals surface area contributed by atoms with Crippen molar-refractivity contribution in [3.05, 3.63) is 76.8 Å². The summed E-state index contributed by atoms with van der Waals surface area (Å²) in [7, 11) is 1.31. The van der Waals surface area contributed by atoms with E-state index in [-0.39, 0.29) is 0 Å². The van der Waals surface area contributed by atoms with Gasteiger partial charge in [-0.1, -0.05) is 42.5 Å². The molecular formula is C19H16BrNO4. The van der Waals surface area contributed by atoms with Crippen LogP contribution in [0, 0.1) is 0 Å². The predicted molar refractivity (Wildman–Crippen MR) is 96.9 cm³/mol. The van der Waals surface area contributed by atoms with E-state index in [0.717, 1.165) is 4.47 Å². The number of benzene rings is 2. The lowest BCUT2D eigenvalue weighted by atomic mass is 9.83. The monoisotopic (exact) mass is 401 g/mol. The van der Waals surface area contributed by atoms with Crippen LogP contribution in [0.2, 0.25) is 0 Å². The van der Waals surface area contributed by atoms with Gasteiger partial charge in [-0.2, -0.15) is 0 Å². The third-order valence-electron chi connectivity index (χ3n) is 4.02. The average Bonchev–Trinajstić information content (AvgIpc) is 3.08. The molecule has 0 radical (unpaired) electrons. The molecule has 1 N–H and O–H groups in total. The normalized spacial score (nSPS) is 18.3. The average molecular weight is 402 g/mol. The number of ether oxygens (including phenoxy) is 2. The van der Waals surface area contributed by atoms with Gasteiger partial charge >= 0.3 is 11.9 Å². The van der Waals surface area contributed by atoms with Gasteiger partial charge in [-0.3, -0.25) is 0 Å². The quantitative estimate of drug-likeness (QED) is 0.777. The van der Waals surface area contributed by atoms with Crippen LogP contribution in [0.25, 0.3) is 0 Å². The molecule has 0 saturated carbocycles. The standard InChI is InChI=1S/C19H16BrNO4/c1-24-18(23)19(13-7-3-2-4-8-13,16-11-12-17(22)25-16)21-15-10-6-5-9-14(15)20/h2-12,16,21H,1H3/t16-,19-/m0/s1. The molecule has 0 fully saturated rings. The highest BCUT2D eigenvalue weighted by molar-refractivity contribution is 9.10. The van der Waals surface area contributed by atoms with Crippen molar-refractivity contribution in [1.29, 1.82) is 0 Å². The number of carbonyl (C=O) groups excluding carboxylic acids is 2. The van der Waals surface area contributed by atoms with Crippen molar-refractivity contribution in [1.82, 2.24) is 0 Å². The van der Waals surface area contributed by atoms with E-state index in [0.29, 0.717) is 11.3 Å². The summed E-state index contributed by atoms with van der Waals surface area (Å²) in [5, 5.41) is 3.24. The summed E-state index contributed by atoms with van der Waals surface area (Å²) >= 11 is 3.47. The van der Waals surface area contributed by atoms with Gasteiger partial charge in [-0.25, -0.2) is 9.59 Å². The van der Waals surface area contributed by atoms with E-state index in [1.165, 1.54) is 13.2 Å². The second-order valence-electron chi connectivity index (χ2n) is 5.49. The number of hydrogen-bond acceptors (Lipinski definition) is 5. The fourth-order valence-electron chi connectivity index (χ4n) is 2.83. The zero-order valence-electron chi connectivity index (χ0n) is 13.4. The molecule has 2 atom stereocenters. The molecule has 0 spiro atoms. The minimum absolute atomic E-state index is 0.497. The topological polar surface area (TPSA) is 64.6 Å². The van der Waals surface area contributed by atoms with Gasteiger partial charge in [0.05, 0.1) is 7.11 Å². The lowest BCUT2D eigenvalue weighted by Crippen LogP contribution is -2.53. The Balaban J connectivity index is 2.18. The van der Waals surface area contributed by atoms with Gasteiger partial charge in [0.25, 0.3) is 0 Å². The maximum absolute atomic E-state index is 12.9. The molecule has 1 aliphatic rings. The molecule has 2 aromatic rings. The second-order valence-corrected chi connectivity index (χ2v) is 6.34. The zero-order valence-corrected chi connectivity index (χ0v) is 15.0. The number of cyclic esters (lactones) is 1. The number of anilines is 1. The van der Waals surface area contributed by atoms with E-state index >= 15 is 0 Å². The number of rotatable bonds is 5. The first-order valence-electron chi connectivity index (χ1n) is 7.63. The summed E-state index contributed by atoms with van der Waals surface area (Å²) in [4.78, 5) is 24.6. The molecule has 6 heteroatoms. The van der Waals surface area contributed by atoms with Crippen molar-refractivity contribution in [2.75, 3.05) is 12.4 Å². The third-order valence-corrected chi connectivity index (χ3v) is 4.71. The summed E-state index contributed by atoms with van der Waals surface area (Å²) in [6, 6.07) is 16.5. The second kappa shape index (κ2) is 7.11. The summed E-state index contributed by atoms with van der Waals surface area (Å²) in [5.74, 6) is -1.05.